The van der Waals surface area contributed by atoms with E-state index in [1.54, 1.807) is 13.2 Å². The van der Waals surface area contributed by atoms with Crippen LogP contribution >= 0.6 is 0 Å². The molecule has 0 fully saturated rings. The standard InChI is InChI=1S/C11H14O2/c1-13-11-4-2-3-8-5-6-9(12)7-10(8)11/h5-7,11-12H,2-4H2,1H3. The number of aromatic hydroxyl groups is 1. The van der Waals surface area contributed by atoms with Gasteiger partial charge < -0.3 is 9.84 Å². The summed E-state index contributed by atoms with van der Waals surface area (Å²) in [5.74, 6) is 0.336. The normalized spacial score (nSPS) is 21.2. The quantitative estimate of drug-likeness (QED) is 0.715. The van der Waals surface area contributed by atoms with E-state index in [-0.39, 0.29) is 6.10 Å². The molecule has 2 rings (SSSR count). The van der Waals surface area contributed by atoms with Crippen LogP contribution in [0.3, 0.4) is 0 Å². The number of methoxy groups -OCH3 is 1. The summed E-state index contributed by atoms with van der Waals surface area (Å²) in [6.45, 7) is 0. The monoisotopic (exact) mass is 178 g/mol. The first-order chi connectivity index (χ1) is 6.31. The lowest BCUT2D eigenvalue weighted by atomic mass is 9.89. The summed E-state index contributed by atoms with van der Waals surface area (Å²) in [6, 6.07) is 5.56. The Bertz CT molecular complexity index is 307. The molecular weight excluding hydrogens is 164 g/mol. The van der Waals surface area contributed by atoms with E-state index in [1.165, 1.54) is 12.0 Å². The molecule has 1 atom stereocenters. The molecule has 0 heterocycles. The summed E-state index contributed by atoms with van der Waals surface area (Å²) >= 11 is 0. The van der Waals surface area contributed by atoms with Gasteiger partial charge in [-0.3, -0.25) is 0 Å². The Morgan fingerprint density at radius 1 is 1.46 bits per heavy atom. The summed E-state index contributed by atoms with van der Waals surface area (Å²) in [4.78, 5) is 0. The van der Waals surface area contributed by atoms with E-state index in [2.05, 4.69) is 0 Å². The molecule has 0 spiro atoms. The molecule has 2 heteroatoms. The van der Waals surface area contributed by atoms with E-state index in [0.29, 0.717) is 5.75 Å². The Labute approximate surface area is 78.2 Å². The number of phenols is 1. The van der Waals surface area contributed by atoms with Gasteiger partial charge in [0.15, 0.2) is 0 Å². The molecule has 1 aromatic carbocycles. The van der Waals surface area contributed by atoms with Crippen LogP contribution in [-0.2, 0) is 11.2 Å². The third kappa shape index (κ3) is 1.54. The van der Waals surface area contributed by atoms with Crippen molar-refractivity contribution in [2.45, 2.75) is 25.4 Å². The number of hydrogen-bond donors (Lipinski definition) is 1. The minimum atomic E-state index is 0.177. The van der Waals surface area contributed by atoms with Crippen molar-refractivity contribution >= 4 is 0 Å². The SMILES string of the molecule is COC1CCCc2ccc(O)cc21. The minimum Gasteiger partial charge on any atom is -0.508 e. The second-order valence-corrected chi connectivity index (χ2v) is 3.50. The van der Waals surface area contributed by atoms with Gasteiger partial charge in [0, 0.05) is 7.11 Å². The molecule has 0 amide bonds. The van der Waals surface area contributed by atoms with Crippen LogP contribution in [0.15, 0.2) is 18.2 Å². The average Bonchev–Trinajstić information content (AvgIpc) is 2.17. The van der Waals surface area contributed by atoms with Crippen molar-refractivity contribution in [3.05, 3.63) is 29.3 Å². The van der Waals surface area contributed by atoms with Crippen LogP contribution in [0, 0.1) is 0 Å². The Balaban J connectivity index is 2.41. The lowest BCUT2D eigenvalue weighted by molar-refractivity contribution is 0.0879. The van der Waals surface area contributed by atoms with Crippen LogP contribution in [0.4, 0.5) is 0 Å². The number of benzene rings is 1. The molecule has 1 aliphatic rings. The van der Waals surface area contributed by atoms with Crippen molar-refractivity contribution in [1.82, 2.24) is 0 Å². The highest BCUT2D eigenvalue weighted by atomic mass is 16.5. The van der Waals surface area contributed by atoms with Crippen LogP contribution in [0.1, 0.15) is 30.1 Å². The minimum absolute atomic E-state index is 0.177. The average molecular weight is 178 g/mol. The highest BCUT2D eigenvalue weighted by Gasteiger charge is 2.19. The van der Waals surface area contributed by atoms with Gasteiger partial charge in [-0.25, -0.2) is 0 Å². The van der Waals surface area contributed by atoms with Gasteiger partial charge in [0.25, 0.3) is 0 Å². The molecule has 2 nitrogen and oxygen atoms in total. The van der Waals surface area contributed by atoms with Crippen LogP contribution in [0.2, 0.25) is 0 Å². The zero-order valence-electron chi connectivity index (χ0n) is 7.79. The first-order valence-electron chi connectivity index (χ1n) is 4.66. The van der Waals surface area contributed by atoms with Gasteiger partial charge in [-0.2, -0.15) is 0 Å². The highest BCUT2D eigenvalue weighted by Crippen LogP contribution is 2.33. The first-order valence-corrected chi connectivity index (χ1v) is 4.66. The highest BCUT2D eigenvalue weighted by molar-refractivity contribution is 5.37. The van der Waals surface area contributed by atoms with Gasteiger partial charge in [-0.15, -0.1) is 0 Å². The molecule has 1 aliphatic carbocycles. The first kappa shape index (κ1) is 8.57. The summed E-state index contributed by atoms with van der Waals surface area (Å²) in [5, 5.41) is 9.35. The van der Waals surface area contributed by atoms with E-state index in [9.17, 15) is 5.11 Å². The lowest BCUT2D eigenvalue weighted by Gasteiger charge is -2.24. The molecule has 70 valence electrons. The fraction of sp³-hybridized carbons (Fsp3) is 0.455. The summed E-state index contributed by atoms with van der Waals surface area (Å²) in [6.07, 6.45) is 3.52. The van der Waals surface area contributed by atoms with Crippen LogP contribution in [0.5, 0.6) is 5.75 Å². The van der Waals surface area contributed by atoms with Gasteiger partial charge >= 0.3 is 0 Å². The predicted octanol–water partition coefficient (Wildman–Crippen LogP) is 2.42. The van der Waals surface area contributed by atoms with Crippen molar-refractivity contribution in [3.63, 3.8) is 0 Å². The van der Waals surface area contributed by atoms with Gasteiger partial charge in [0.05, 0.1) is 6.10 Å². The Morgan fingerprint density at radius 2 is 2.31 bits per heavy atom. The molecule has 0 saturated heterocycles. The zero-order valence-corrected chi connectivity index (χ0v) is 7.79. The summed E-state index contributed by atoms with van der Waals surface area (Å²) < 4.78 is 5.36. The summed E-state index contributed by atoms with van der Waals surface area (Å²) in [7, 11) is 1.73. The molecule has 0 radical (unpaired) electrons. The van der Waals surface area contributed by atoms with Crippen LogP contribution < -0.4 is 0 Å². The van der Waals surface area contributed by atoms with Gasteiger partial charge in [-0.05, 0) is 42.5 Å². The number of aryl methyl sites for hydroxylation is 1. The summed E-state index contributed by atoms with van der Waals surface area (Å²) in [5.41, 5.74) is 2.48. The van der Waals surface area contributed by atoms with Crippen molar-refractivity contribution < 1.29 is 9.84 Å². The van der Waals surface area contributed by atoms with Crippen molar-refractivity contribution in [1.29, 1.82) is 0 Å². The Morgan fingerprint density at radius 3 is 3.08 bits per heavy atom. The molecule has 1 aromatic rings. The molecule has 0 aromatic heterocycles. The van der Waals surface area contributed by atoms with E-state index in [0.717, 1.165) is 18.4 Å². The van der Waals surface area contributed by atoms with Crippen LogP contribution in [0.25, 0.3) is 0 Å². The molecule has 0 bridgehead atoms. The topological polar surface area (TPSA) is 29.5 Å². The molecule has 0 saturated carbocycles. The Kier molecular flexibility index (Phi) is 2.23. The molecule has 1 unspecified atom stereocenters. The fourth-order valence-electron chi connectivity index (χ4n) is 1.99. The number of ether oxygens (including phenoxy) is 1. The van der Waals surface area contributed by atoms with Gasteiger partial charge in [0.1, 0.15) is 5.75 Å². The fourth-order valence-corrected chi connectivity index (χ4v) is 1.99. The number of fused-ring (bicyclic) bond motifs is 1. The molecular formula is C11H14O2. The van der Waals surface area contributed by atoms with E-state index in [1.807, 2.05) is 12.1 Å². The zero-order chi connectivity index (χ0) is 9.26. The second-order valence-electron chi connectivity index (χ2n) is 3.50. The third-order valence-corrected chi connectivity index (χ3v) is 2.67. The second kappa shape index (κ2) is 3.38. The van der Waals surface area contributed by atoms with E-state index in [4.69, 9.17) is 4.74 Å². The smallest absolute Gasteiger partial charge is 0.115 e. The number of rotatable bonds is 1. The van der Waals surface area contributed by atoms with Crippen molar-refractivity contribution in [2.75, 3.05) is 7.11 Å². The molecule has 0 aliphatic heterocycles. The van der Waals surface area contributed by atoms with Gasteiger partial charge in [-0.1, -0.05) is 6.07 Å². The predicted molar refractivity (Wildman–Crippen MR) is 50.8 cm³/mol. The molecule has 1 N–H and O–H groups in total. The third-order valence-electron chi connectivity index (χ3n) is 2.67. The Hall–Kier alpha value is -1.02. The maximum atomic E-state index is 9.35. The maximum Gasteiger partial charge on any atom is 0.115 e. The van der Waals surface area contributed by atoms with E-state index >= 15 is 0 Å². The van der Waals surface area contributed by atoms with Crippen molar-refractivity contribution in [3.8, 4) is 5.75 Å². The largest absolute Gasteiger partial charge is 0.508 e. The van der Waals surface area contributed by atoms with Gasteiger partial charge in [0.2, 0.25) is 0 Å². The lowest BCUT2D eigenvalue weighted by Crippen LogP contribution is -2.10. The van der Waals surface area contributed by atoms with Crippen LogP contribution in [-0.4, -0.2) is 12.2 Å². The van der Waals surface area contributed by atoms with Crippen molar-refractivity contribution in [2.24, 2.45) is 0 Å². The molecule has 13 heavy (non-hydrogen) atoms. The van der Waals surface area contributed by atoms with E-state index < -0.39 is 0 Å². The number of phenolic OH excluding ortho intramolecular Hbond substituents is 1. The number of hydrogen-bond acceptors (Lipinski definition) is 2. The maximum absolute atomic E-state index is 9.35.